The Morgan fingerprint density at radius 1 is 0.929 bits per heavy atom. The highest BCUT2D eigenvalue weighted by molar-refractivity contribution is 5.68. The van der Waals surface area contributed by atoms with Crippen molar-refractivity contribution in [2.75, 3.05) is 74.2 Å². The number of anilines is 3. The van der Waals surface area contributed by atoms with Crippen molar-refractivity contribution in [2.45, 2.75) is 39.0 Å². The van der Waals surface area contributed by atoms with Crippen LogP contribution in [-0.4, -0.2) is 75.4 Å². The van der Waals surface area contributed by atoms with Gasteiger partial charge in [0.15, 0.2) is 0 Å². The van der Waals surface area contributed by atoms with Gasteiger partial charge in [-0.3, -0.25) is 4.79 Å². The molecule has 0 bridgehead atoms. The minimum absolute atomic E-state index is 0.157. The van der Waals surface area contributed by atoms with E-state index < -0.39 is 0 Å². The lowest BCUT2D eigenvalue weighted by molar-refractivity contribution is -0.140. The van der Waals surface area contributed by atoms with Crippen molar-refractivity contribution in [3.63, 3.8) is 0 Å². The van der Waals surface area contributed by atoms with E-state index in [4.69, 9.17) is 9.97 Å². The molecule has 1 N–H and O–H groups in total. The molecule has 4 heterocycles. The Kier molecular flexibility index (Phi) is 7.71. The number of hydrogen-bond donors (Lipinski definition) is 1. The van der Waals surface area contributed by atoms with E-state index in [2.05, 4.69) is 30.8 Å². The quantitative estimate of drug-likeness (QED) is 0.778. The summed E-state index contributed by atoms with van der Waals surface area (Å²) in [4.78, 5) is 26.9. The molecule has 0 radical (unpaired) electrons. The molecule has 1 aromatic heterocycles. The summed E-state index contributed by atoms with van der Waals surface area (Å²) >= 11 is 0. The van der Waals surface area contributed by atoms with E-state index in [1.54, 1.807) is 6.92 Å². The molecular weight excluding hydrogens is 356 g/mol. The zero-order valence-electron chi connectivity index (χ0n) is 17.3. The summed E-state index contributed by atoms with van der Waals surface area (Å²) < 4.78 is 4.26. The van der Waals surface area contributed by atoms with Crippen molar-refractivity contribution in [2.24, 2.45) is 0 Å². The van der Waals surface area contributed by atoms with Gasteiger partial charge in [-0.15, -0.1) is 0 Å². The van der Waals surface area contributed by atoms with Crippen molar-refractivity contribution in [3.8, 4) is 0 Å². The zero-order valence-corrected chi connectivity index (χ0v) is 17.3. The Labute approximate surface area is 168 Å². The highest BCUT2D eigenvalue weighted by Gasteiger charge is 2.22. The van der Waals surface area contributed by atoms with Crippen LogP contribution in [0.25, 0.3) is 0 Å². The van der Waals surface area contributed by atoms with Crippen LogP contribution in [0.1, 0.15) is 39.0 Å². The summed E-state index contributed by atoms with van der Waals surface area (Å²) in [5.41, 5.74) is 0. The Morgan fingerprint density at radius 2 is 1.43 bits per heavy atom. The van der Waals surface area contributed by atoms with Crippen LogP contribution < -0.4 is 20.0 Å². The van der Waals surface area contributed by atoms with E-state index in [0.717, 1.165) is 69.9 Å². The molecule has 4 rings (SSSR count). The van der Waals surface area contributed by atoms with Crippen molar-refractivity contribution < 1.29 is 9.53 Å². The van der Waals surface area contributed by atoms with Crippen molar-refractivity contribution in [1.29, 1.82) is 0 Å². The van der Waals surface area contributed by atoms with E-state index in [-0.39, 0.29) is 5.97 Å². The predicted molar refractivity (Wildman–Crippen MR) is 112 cm³/mol. The van der Waals surface area contributed by atoms with Crippen LogP contribution in [0.5, 0.6) is 0 Å². The second-order valence-corrected chi connectivity index (χ2v) is 7.44. The lowest BCUT2D eigenvalue weighted by Gasteiger charge is -2.30. The number of nitrogens with zero attached hydrogens (tertiary/aromatic N) is 5. The molecule has 156 valence electrons. The maximum absolute atomic E-state index is 9.96. The number of nitrogens with one attached hydrogen (secondary N) is 1. The first kappa shape index (κ1) is 20.6. The maximum atomic E-state index is 9.96. The number of methoxy groups -OCH3 is 1. The maximum Gasteiger partial charge on any atom is 0.305 e. The van der Waals surface area contributed by atoms with Gasteiger partial charge in [0.25, 0.3) is 0 Å². The fourth-order valence-corrected chi connectivity index (χ4v) is 3.78. The molecule has 0 aliphatic carbocycles. The number of rotatable bonds is 4. The fraction of sp³-hybridized carbons (Fsp3) is 0.750. The number of carbonyl (C=O) groups excluding carboxylic acids is 1. The molecule has 0 aromatic carbocycles. The second-order valence-electron chi connectivity index (χ2n) is 7.44. The van der Waals surface area contributed by atoms with Gasteiger partial charge in [0.1, 0.15) is 11.6 Å². The lowest BCUT2D eigenvalue weighted by atomic mass is 10.3. The van der Waals surface area contributed by atoms with Gasteiger partial charge in [-0.2, -0.15) is 9.97 Å². The molecule has 0 atom stereocenters. The van der Waals surface area contributed by atoms with Gasteiger partial charge < -0.3 is 24.8 Å². The normalized spacial score (nSPS) is 19.4. The Balaban J connectivity index is 0.000000330. The van der Waals surface area contributed by atoms with Gasteiger partial charge in [-0.25, -0.2) is 0 Å². The molecule has 3 aliphatic rings. The largest absolute Gasteiger partial charge is 0.469 e. The first-order valence-electron chi connectivity index (χ1n) is 10.6. The molecule has 8 heteroatoms. The smallest absolute Gasteiger partial charge is 0.305 e. The van der Waals surface area contributed by atoms with Gasteiger partial charge >= 0.3 is 5.97 Å². The van der Waals surface area contributed by atoms with E-state index in [9.17, 15) is 4.79 Å². The molecule has 8 nitrogen and oxygen atoms in total. The van der Waals surface area contributed by atoms with Gasteiger partial charge in [0.05, 0.1) is 7.11 Å². The van der Waals surface area contributed by atoms with Crippen LogP contribution in [-0.2, 0) is 9.53 Å². The van der Waals surface area contributed by atoms with E-state index in [0.29, 0.717) is 6.42 Å². The average Bonchev–Trinajstić information content (AvgIpc) is 3.48. The van der Waals surface area contributed by atoms with E-state index >= 15 is 0 Å². The first-order chi connectivity index (χ1) is 13.7. The van der Waals surface area contributed by atoms with Gasteiger partial charge in [0.2, 0.25) is 5.95 Å². The zero-order chi connectivity index (χ0) is 19.8. The predicted octanol–water partition coefficient (Wildman–Crippen LogP) is 1.66. The number of piperazine rings is 1. The van der Waals surface area contributed by atoms with Crippen LogP contribution in [0.15, 0.2) is 6.07 Å². The number of aromatic nitrogens is 2. The first-order valence-corrected chi connectivity index (χ1v) is 10.6. The summed E-state index contributed by atoms with van der Waals surface area (Å²) in [6.07, 6.45) is 5.56. The molecule has 3 fully saturated rings. The molecule has 1 aromatic rings. The summed E-state index contributed by atoms with van der Waals surface area (Å²) in [6, 6.07) is 2.20. The van der Waals surface area contributed by atoms with Crippen molar-refractivity contribution in [3.05, 3.63) is 6.07 Å². The number of esters is 1. The van der Waals surface area contributed by atoms with E-state index in [1.807, 2.05) is 0 Å². The third kappa shape index (κ3) is 5.47. The van der Waals surface area contributed by atoms with Gasteiger partial charge in [-0.1, -0.05) is 6.92 Å². The van der Waals surface area contributed by atoms with Crippen LogP contribution in [0.2, 0.25) is 0 Å². The van der Waals surface area contributed by atoms with Crippen LogP contribution >= 0.6 is 0 Å². The van der Waals surface area contributed by atoms with E-state index in [1.165, 1.54) is 32.8 Å². The highest BCUT2D eigenvalue weighted by Crippen LogP contribution is 2.27. The summed E-state index contributed by atoms with van der Waals surface area (Å²) in [6.45, 7) is 10.4. The van der Waals surface area contributed by atoms with Crippen LogP contribution in [0, 0.1) is 0 Å². The van der Waals surface area contributed by atoms with Crippen molar-refractivity contribution in [1.82, 2.24) is 15.3 Å². The van der Waals surface area contributed by atoms with Gasteiger partial charge in [-0.05, 0) is 25.7 Å². The molecule has 3 aliphatic heterocycles. The highest BCUT2D eigenvalue weighted by atomic mass is 16.5. The number of carbonyl (C=O) groups is 1. The molecule has 0 amide bonds. The average molecular weight is 391 g/mol. The Morgan fingerprint density at radius 3 is 1.89 bits per heavy atom. The molecule has 0 saturated carbocycles. The van der Waals surface area contributed by atoms with Crippen molar-refractivity contribution >= 4 is 23.6 Å². The number of hydrogen-bond acceptors (Lipinski definition) is 8. The minimum Gasteiger partial charge on any atom is -0.469 e. The molecule has 0 unspecified atom stereocenters. The molecule has 28 heavy (non-hydrogen) atoms. The summed E-state index contributed by atoms with van der Waals surface area (Å²) in [7, 11) is 1.38. The summed E-state index contributed by atoms with van der Waals surface area (Å²) in [5, 5.41) is 3.42. The second kappa shape index (κ2) is 10.5. The van der Waals surface area contributed by atoms with Crippen LogP contribution in [0.4, 0.5) is 17.6 Å². The monoisotopic (exact) mass is 390 g/mol. The van der Waals surface area contributed by atoms with Gasteiger partial charge in [0, 0.05) is 64.8 Å². The lowest BCUT2D eigenvalue weighted by Crippen LogP contribution is -2.44. The summed E-state index contributed by atoms with van der Waals surface area (Å²) in [5.74, 6) is 3.02. The Hall–Kier alpha value is -2.09. The molecule has 0 spiro atoms. The topological polar surface area (TPSA) is 73.8 Å². The molecular formula is C20H34N6O2. The Bertz CT molecular complexity index is 583. The SMILES string of the molecule is CCC(=O)OC.c1c(N2CCCC2)nc(N2CCCC2)nc1N1CCNCC1. The fourth-order valence-electron chi connectivity index (χ4n) is 3.78. The standard InChI is InChI=1S/C16H26N6.C4H8O2/c1-2-8-20(7-1)14-13-15(21-11-5-17-6-12-21)19-16(18-14)22-9-3-4-10-22;1-3-4(5)6-2/h13,17H,1-12H2;3H2,1-2H3. The minimum atomic E-state index is -0.157. The molecule has 3 saturated heterocycles. The van der Waals surface area contributed by atoms with Crippen LogP contribution in [0.3, 0.4) is 0 Å². The third-order valence-corrected chi connectivity index (χ3v) is 5.46. The third-order valence-electron chi connectivity index (χ3n) is 5.46. The number of ether oxygens (including phenoxy) is 1.